The van der Waals surface area contributed by atoms with Crippen LogP contribution in [0, 0.1) is 0 Å². The van der Waals surface area contributed by atoms with E-state index in [4.69, 9.17) is 13.6 Å². The maximum absolute atomic E-state index is 13.1. The topological polar surface area (TPSA) is 76.1 Å². The number of carbonyl (C=O) groups excluding carboxylic acids is 2. The highest BCUT2D eigenvalue weighted by Gasteiger charge is 2.30. The molecule has 0 saturated carbocycles. The summed E-state index contributed by atoms with van der Waals surface area (Å²) in [5, 5.41) is 0. The molecular weight excluding hydrogens is 396 g/mol. The van der Waals surface area contributed by atoms with Crippen molar-refractivity contribution in [1.82, 2.24) is 9.80 Å². The number of nitrogens with zero attached hydrogens (tertiary/aromatic N) is 2. The second-order valence-corrected chi connectivity index (χ2v) is 7.69. The Morgan fingerprint density at radius 3 is 2.35 bits per heavy atom. The van der Waals surface area contributed by atoms with Gasteiger partial charge in [0.2, 0.25) is 0 Å². The zero-order valence-electron chi connectivity index (χ0n) is 17.5. The van der Waals surface area contributed by atoms with Crippen LogP contribution in [0.2, 0.25) is 0 Å². The predicted octanol–water partition coefficient (Wildman–Crippen LogP) is 3.97. The number of piperidine rings is 1. The van der Waals surface area contributed by atoms with E-state index in [9.17, 15) is 9.59 Å². The van der Waals surface area contributed by atoms with E-state index in [1.165, 1.54) is 13.4 Å². The molecule has 3 heterocycles. The standard InChI is InChI=1S/C24H26N2O5/c1-29-24(28)19-8-6-18(7-9-19)16-25-12-10-20(11-13-25)26(17-21-4-2-14-30-21)23(27)22-5-3-15-31-22/h2-9,14-15,20H,10-13,16-17H2,1H3. The smallest absolute Gasteiger partial charge is 0.337 e. The number of likely N-dealkylation sites (tertiary alicyclic amines) is 1. The van der Waals surface area contributed by atoms with Crippen LogP contribution in [0.1, 0.15) is 45.1 Å². The molecule has 0 radical (unpaired) electrons. The Labute approximate surface area is 181 Å². The first kappa shape index (κ1) is 20.9. The van der Waals surface area contributed by atoms with E-state index >= 15 is 0 Å². The number of carbonyl (C=O) groups is 2. The van der Waals surface area contributed by atoms with Gasteiger partial charge in [0.25, 0.3) is 5.91 Å². The summed E-state index contributed by atoms with van der Waals surface area (Å²) in [4.78, 5) is 28.9. The molecule has 7 nitrogen and oxygen atoms in total. The number of hydrogen-bond acceptors (Lipinski definition) is 6. The lowest BCUT2D eigenvalue weighted by atomic mass is 10.0. The van der Waals surface area contributed by atoms with E-state index in [-0.39, 0.29) is 17.9 Å². The minimum atomic E-state index is -0.328. The zero-order chi connectivity index (χ0) is 21.6. The van der Waals surface area contributed by atoms with Crippen LogP contribution in [0.4, 0.5) is 0 Å². The number of hydrogen-bond donors (Lipinski definition) is 0. The molecule has 2 aromatic heterocycles. The normalized spacial score (nSPS) is 15.0. The van der Waals surface area contributed by atoms with Gasteiger partial charge in [-0.2, -0.15) is 0 Å². The van der Waals surface area contributed by atoms with Gasteiger partial charge in [0.05, 0.1) is 31.7 Å². The third kappa shape index (κ3) is 5.06. The Kier molecular flexibility index (Phi) is 6.52. The Morgan fingerprint density at radius 1 is 1.03 bits per heavy atom. The molecule has 0 aliphatic carbocycles. The van der Waals surface area contributed by atoms with Gasteiger partial charge in [0.15, 0.2) is 5.76 Å². The highest BCUT2D eigenvalue weighted by Crippen LogP contribution is 2.23. The predicted molar refractivity (Wildman–Crippen MR) is 113 cm³/mol. The summed E-state index contributed by atoms with van der Waals surface area (Å²) in [7, 11) is 1.38. The summed E-state index contributed by atoms with van der Waals surface area (Å²) in [5.41, 5.74) is 1.69. The van der Waals surface area contributed by atoms with Crippen molar-refractivity contribution < 1.29 is 23.2 Å². The number of furan rings is 2. The fourth-order valence-electron chi connectivity index (χ4n) is 3.99. The Bertz CT molecular complexity index is 972. The molecule has 1 aliphatic rings. The van der Waals surface area contributed by atoms with E-state index < -0.39 is 0 Å². The monoisotopic (exact) mass is 422 g/mol. The van der Waals surface area contributed by atoms with Gasteiger partial charge in [-0.25, -0.2) is 4.79 Å². The molecule has 1 aliphatic heterocycles. The maximum atomic E-state index is 13.1. The van der Waals surface area contributed by atoms with Crippen molar-refractivity contribution in [2.24, 2.45) is 0 Å². The number of amides is 1. The molecule has 4 rings (SSSR count). The number of benzene rings is 1. The van der Waals surface area contributed by atoms with Crippen LogP contribution in [0.5, 0.6) is 0 Å². The molecule has 1 fully saturated rings. The van der Waals surface area contributed by atoms with Crippen molar-refractivity contribution in [3.63, 3.8) is 0 Å². The summed E-state index contributed by atoms with van der Waals surface area (Å²) in [5.74, 6) is 0.663. The van der Waals surface area contributed by atoms with Crippen molar-refractivity contribution in [2.75, 3.05) is 20.2 Å². The summed E-state index contributed by atoms with van der Waals surface area (Å²) >= 11 is 0. The van der Waals surface area contributed by atoms with Gasteiger partial charge in [0, 0.05) is 25.7 Å². The third-order valence-electron chi connectivity index (χ3n) is 5.68. The number of ether oxygens (including phenoxy) is 1. The van der Waals surface area contributed by atoms with Crippen LogP contribution >= 0.6 is 0 Å². The van der Waals surface area contributed by atoms with Crippen molar-refractivity contribution >= 4 is 11.9 Å². The van der Waals surface area contributed by atoms with Crippen LogP contribution < -0.4 is 0 Å². The highest BCUT2D eigenvalue weighted by molar-refractivity contribution is 5.91. The third-order valence-corrected chi connectivity index (χ3v) is 5.68. The Hall–Kier alpha value is -3.32. The van der Waals surface area contributed by atoms with Gasteiger partial charge in [-0.15, -0.1) is 0 Å². The molecule has 1 saturated heterocycles. The van der Waals surface area contributed by atoms with Crippen LogP contribution in [0.25, 0.3) is 0 Å². The van der Waals surface area contributed by atoms with Crippen molar-refractivity contribution in [3.05, 3.63) is 83.7 Å². The van der Waals surface area contributed by atoms with Gasteiger partial charge >= 0.3 is 5.97 Å². The van der Waals surface area contributed by atoms with E-state index in [1.807, 2.05) is 29.2 Å². The molecule has 31 heavy (non-hydrogen) atoms. The fraction of sp³-hybridized carbons (Fsp3) is 0.333. The summed E-state index contributed by atoms with van der Waals surface area (Å²) in [6.45, 7) is 2.98. The molecule has 0 N–H and O–H groups in total. The largest absolute Gasteiger partial charge is 0.467 e. The first-order chi connectivity index (χ1) is 15.1. The number of esters is 1. The molecule has 0 bridgehead atoms. The molecular formula is C24H26N2O5. The summed E-state index contributed by atoms with van der Waals surface area (Å²) < 4.78 is 15.6. The van der Waals surface area contributed by atoms with Gasteiger partial charge in [-0.05, 0) is 54.8 Å². The van der Waals surface area contributed by atoms with Gasteiger partial charge in [-0.1, -0.05) is 12.1 Å². The second-order valence-electron chi connectivity index (χ2n) is 7.69. The fourth-order valence-corrected chi connectivity index (χ4v) is 3.99. The van der Waals surface area contributed by atoms with Crippen molar-refractivity contribution in [3.8, 4) is 0 Å². The van der Waals surface area contributed by atoms with Crippen LogP contribution in [0.15, 0.2) is 69.9 Å². The van der Waals surface area contributed by atoms with Crippen LogP contribution in [-0.2, 0) is 17.8 Å². The van der Waals surface area contributed by atoms with Gasteiger partial charge in [-0.3, -0.25) is 9.69 Å². The summed E-state index contributed by atoms with van der Waals surface area (Å²) in [6, 6.07) is 14.8. The summed E-state index contributed by atoms with van der Waals surface area (Å²) in [6.07, 6.45) is 4.88. The second kappa shape index (κ2) is 9.66. The van der Waals surface area contributed by atoms with E-state index in [1.54, 1.807) is 30.5 Å². The molecule has 7 heteroatoms. The molecule has 1 aromatic carbocycles. The maximum Gasteiger partial charge on any atom is 0.337 e. The van der Waals surface area contributed by atoms with Gasteiger partial charge < -0.3 is 18.5 Å². The lowest BCUT2D eigenvalue weighted by Crippen LogP contribution is -2.46. The van der Waals surface area contributed by atoms with E-state index in [2.05, 4.69) is 4.90 Å². The quantitative estimate of drug-likeness (QED) is 0.537. The van der Waals surface area contributed by atoms with E-state index in [0.29, 0.717) is 17.9 Å². The molecule has 1 amide bonds. The molecule has 162 valence electrons. The lowest BCUT2D eigenvalue weighted by molar-refractivity contribution is 0.0493. The highest BCUT2D eigenvalue weighted by atomic mass is 16.5. The lowest BCUT2D eigenvalue weighted by Gasteiger charge is -2.38. The number of rotatable bonds is 7. The Balaban J connectivity index is 1.38. The number of methoxy groups -OCH3 is 1. The first-order valence-electron chi connectivity index (χ1n) is 10.4. The average molecular weight is 422 g/mol. The van der Waals surface area contributed by atoms with Crippen LogP contribution in [-0.4, -0.2) is 47.9 Å². The average Bonchev–Trinajstić information content (AvgIpc) is 3.52. The first-order valence-corrected chi connectivity index (χ1v) is 10.4. The zero-order valence-corrected chi connectivity index (χ0v) is 17.5. The molecule has 0 spiro atoms. The SMILES string of the molecule is COC(=O)c1ccc(CN2CCC(N(Cc3ccco3)C(=O)c3ccco3)CC2)cc1. The molecule has 0 unspecified atom stereocenters. The van der Waals surface area contributed by atoms with Crippen molar-refractivity contribution in [1.29, 1.82) is 0 Å². The minimum absolute atomic E-state index is 0.112. The molecule has 0 atom stereocenters. The van der Waals surface area contributed by atoms with Crippen molar-refractivity contribution in [2.45, 2.75) is 32.0 Å². The van der Waals surface area contributed by atoms with E-state index in [0.717, 1.165) is 43.8 Å². The molecule has 3 aromatic rings. The van der Waals surface area contributed by atoms with Gasteiger partial charge in [0.1, 0.15) is 5.76 Å². The van der Waals surface area contributed by atoms with Crippen LogP contribution in [0.3, 0.4) is 0 Å². The minimum Gasteiger partial charge on any atom is -0.467 e. The Morgan fingerprint density at radius 2 is 1.74 bits per heavy atom.